The minimum absolute atomic E-state index is 0.681. The van der Waals surface area contributed by atoms with Crippen LogP contribution in [0.5, 0.6) is 0 Å². The fourth-order valence-corrected chi connectivity index (χ4v) is 2.46. The third-order valence-corrected chi connectivity index (χ3v) is 3.53. The van der Waals surface area contributed by atoms with Gasteiger partial charge in [0.2, 0.25) is 0 Å². The molecule has 0 saturated carbocycles. The van der Waals surface area contributed by atoms with Gasteiger partial charge in [0.05, 0.1) is 0 Å². The first-order chi connectivity index (χ1) is 8.31. The van der Waals surface area contributed by atoms with E-state index in [9.17, 15) is 0 Å². The van der Waals surface area contributed by atoms with Crippen LogP contribution in [0.3, 0.4) is 0 Å². The van der Waals surface area contributed by atoms with Crippen molar-refractivity contribution in [3.8, 4) is 0 Å². The molecule has 1 aromatic carbocycles. The quantitative estimate of drug-likeness (QED) is 0.835. The number of nitrogens with one attached hydrogen (secondary N) is 1. The Labute approximate surface area is 104 Å². The molecule has 2 heteroatoms. The molecule has 1 aliphatic rings. The predicted octanol–water partition coefficient (Wildman–Crippen LogP) is 2.38. The van der Waals surface area contributed by atoms with Crippen LogP contribution in [-0.4, -0.2) is 37.1 Å². The van der Waals surface area contributed by atoms with Gasteiger partial charge in [-0.25, -0.2) is 0 Å². The van der Waals surface area contributed by atoms with Crippen LogP contribution in [0.1, 0.15) is 18.9 Å². The molecule has 2 nitrogen and oxygen atoms in total. The monoisotopic (exact) mass is 230 g/mol. The first kappa shape index (κ1) is 12.3. The fourth-order valence-electron chi connectivity index (χ4n) is 2.46. The van der Waals surface area contributed by atoms with Crippen molar-refractivity contribution in [2.24, 2.45) is 0 Å². The second-order valence-electron chi connectivity index (χ2n) is 4.68. The molecule has 0 radical (unpaired) electrons. The van der Waals surface area contributed by atoms with Crippen molar-refractivity contribution in [2.45, 2.75) is 19.4 Å². The molecular formula is C15H22N2. The highest BCUT2D eigenvalue weighted by Crippen LogP contribution is 2.16. The maximum atomic E-state index is 4.22. The number of hydrogen-bond acceptors (Lipinski definition) is 2. The van der Waals surface area contributed by atoms with Crippen LogP contribution in [0.2, 0.25) is 0 Å². The van der Waals surface area contributed by atoms with Gasteiger partial charge >= 0.3 is 0 Å². The van der Waals surface area contributed by atoms with Crippen LogP contribution in [-0.2, 0) is 0 Å². The molecule has 1 atom stereocenters. The Morgan fingerprint density at radius 2 is 2.18 bits per heavy atom. The summed E-state index contributed by atoms with van der Waals surface area (Å²) in [5, 5.41) is 3.43. The minimum atomic E-state index is 0.681. The second-order valence-corrected chi connectivity index (χ2v) is 4.68. The highest BCUT2D eigenvalue weighted by atomic mass is 15.2. The first-order valence-corrected chi connectivity index (χ1v) is 6.49. The maximum absolute atomic E-state index is 4.22. The molecule has 1 N–H and O–H groups in total. The highest BCUT2D eigenvalue weighted by Gasteiger charge is 2.21. The summed E-state index contributed by atoms with van der Waals surface area (Å²) in [5.41, 5.74) is 2.48. The fraction of sp³-hybridized carbons (Fsp3) is 0.467. The minimum Gasteiger partial charge on any atom is -0.315 e. The van der Waals surface area contributed by atoms with Gasteiger partial charge in [0.25, 0.3) is 0 Å². The van der Waals surface area contributed by atoms with Crippen molar-refractivity contribution in [1.82, 2.24) is 10.2 Å². The van der Waals surface area contributed by atoms with Crippen LogP contribution in [0.25, 0.3) is 5.57 Å². The van der Waals surface area contributed by atoms with Gasteiger partial charge in [0, 0.05) is 19.1 Å². The van der Waals surface area contributed by atoms with E-state index in [2.05, 4.69) is 54.1 Å². The van der Waals surface area contributed by atoms with E-state index in [1.54, 1.807) is 0 Å². The summed E-state index contributed by atoms with van der Waals surface area (Å²) in [6, 6.07) is 11.2. The SMILES string of the molecule is C=C(CN(CC)C1CCNC1)c1ccccc1. The van der Waals surface area contributed by atoms with Crippen molar-refractivity contribution in [1.29, 1.82) is 0 Å². The molecule has 2 rings (SSSR count). The molecule has 17 heavy (non-hydrogen) atoms. The molecule has 92 valence electrons. The van der Waals surface area contributed by atoms with E-state index in [0.717, 1.165) is 26.2 Å². The van der Waals surface area contributed by atoms with E-state index in [0.29, 0.717) is 6.04 Å². The summed E-state index contributed by atoms with van der Waals surface area (Å²) < 4.78 is 0. The molecule has 0 aromatic heterocycles. The summed E-state index contributed by atoms with van der Waals surface area (Å²) in [6.07, 6.45) is 1.26. The lowest BCUT2D eigenvalue weighted by atomic mass is 10.1. The Hall–Kier alpha value is -1.12. The zero-order valence-electron chi connectivity index (χ0n) is 10.7. The average Bonchev–Trinajstić information content (AvgIpc) is 2.90. The lowest BCUT2D eigenvalue weighted by molar-refractivity contribution is 0.247. The average molecular weight is 230 g/mol. The van der Waals surface area contributed by atoms with Crippen molar-refractivity contribution in [3.05, 3.63) is 42.5 Å². The van der Waals surface area contributed by atoms with E-state index in [-0.39, 0.29) is 0 Å². The Balaban J connectivity index is 1.96. The Morgan fingerprint density at radius 1 is 1.41 bits per heavy atom. The predicted molar refractivity (Wildman–Crippen MR) is 74.0 cm³/mol. The Morgan fingerprint density at radius 3 is 2.76 bits per heavy atom. The van der Waals surface area contributed by atoms with Crippen LogP contribution < -0.4 is 5.32 Å². The topological polar surface area (TPSA) is 15.3 Å². The van der Waals surface area contributed by atoms with Crippen LogP contribution in [0.15, 0.2) is 36.9 Å². The molecule has 1 heterocycles. The molecule has 0 amide bonds. The second kappa shape index (κ2) is 5.99. The van der Waals surface area contributed by atoms with Crippen LogP contribution >= 0.6 is 0 Å². The zero-order chi connectivity index (χ0) is 12.1. The van der Waals surface area contributed by atoms with Gasteiger partial charge in [-0.05, 0) is 30.6 Å². The molecule has 0 spiro atoms. The lowest BCUT2D eigenvalue weighted by Gasteiger charge is -2.27. The lowest BCUT2D eigenvalue weighted by Crippen LogP contribution is -2.37. The summed E-state index contributed by atoms with van der Waals surface area (Å²) in [5.74, 6) is 0. The van der Waals surface area contributed by atoms with Gasteiger partial charge in [-0.1, -0.05) is 43.8 Å². The molecule has 0 aliphatic carbocycles. The van der Waals surface area contributed by atoms with Gasteiger partial charge in [-0.2, -0.15) is 0 Å². The van der Waals surface area contributed by atoms with Gasteiger partial charge in [0.1, 0.15) is 0 Å². The maximum Gasteiger partial charge on any atom is 0.0237 e. The van der Waals surface area contributed by atoms with E-state index in [1.165, 1.54) is 17.6 Å². The van der Waals surface area contributed by atoms with Crippen molar-refractivity contribution >= 4 is 5.57 Å². The summed E-state index contributed by atoms with van der Waals surface area (Å²) in [4.78, 5) is 2.52. The summed E-state index contributed by atoms with van der Waals surface area (Å²) >= 11 is 0. The van der Waals surface area contributed by atoms with Crippen LogP contribution in [0, 0.1) is 0 Å². The Bertz CT molecular complexity index is 352. The molecule has 1 unspecified atom stereocenters. The van der Waals surface area contributed by atoms with Crippen LogP contribution in [0.4, 0.5) is 0 Å². The normalized spacial score (nSPS) is 19.8. The third kappa shape index (κ3) is 3.18. The van der Waals surface area contributed by atoms with E-state index < -0.39 is 0 Å². The van der Waals surface area contributed by atoms with E-state index in [4.69, 9.17) is 0 Å². The van der Waals surface area contributed by atoms with E-state index in [1.807, 2.05) is 0 Å². The van der Waals surface area contributed by atoms with Crippen molar-refractivity contribution in [2.75, 3.05) is 26.2 Å². The number of hydrogen-bond donors (Lipinski definition) is 1. The molecule has 1 saturated heterocycles. The third-order valence-electron chi connectivity index (χ3n) is 3.53. The molecule has 1 aliphatic heterocycles. The smallest absolute Gasteiger partial charge is 0.0237 e. The molecule has 1 fully saturated rings. The van der Waals surface area contributed by atoms with E-state index >= 15 is 0 Å². The largest absolute Gasteiger partial charge is 0.315 e. The van der Waals surface area contributed by atoms with Gasteiger partial charge < -0.3 is 5.32 Å². The van der Waals surface area contributed by atoms with Crippen molar-refractivity contribution in [3.63, 3.8) is 0 Å². The summed E-state index contributed by atoms with van der Waals surface area (Å²) in [6.45, 7) is 10.8. The molecule has 0 bridgehead atoms. The number of nitrogens with zero attached hydrogens (tertiary/aromatic N) is 1. The first-order valence-electron chi connectivity index (χ1n) is 6.49. The number of rotatable bonds is 5. The van der Waals surface area contributed by atoms with Gasteiger partial charge in [-0.15, -0.1) is 0 Å². The number of likely N-dealkylation sites (N-methyl/N-ethyl adjacent to an activating group) is 1. The molecular weight excluding hydrogens is 208 g/mol. The number of benzene rings is 1. The highest BCUT2D eigenvalue weighted by molar-refractivity contribution is 5.64. The molecule has 1 aromatic rings. The Kier molecular flexibility index (Phi) is 4.35. The summed E-state index contributed by atoms with van der Waals surface area (Å²) in [7, 11) is 0. The zero-order valence-corrected chi connectivity index (χ0v) is 10.7. The van der Waals surface area contributed by atoms with Gasteiger partial charge in [0.15, 0.2) is 0 Å². The van der Waals surface area contributed by atoms with Gasteiger partial charge in [-0.3, -0.25) is 4.90 Å². The van der Waals surface area contributed by atoms with Crippen molar-refractivity contribution < 1.29 is 0 Å². The standard InChI is InChI=1S/C15H22N2/c1-3-17(15-9-10-16-11-15)12-13(2)14-7-5-4-6-8-14/h4-8,15-16H,2-3,9-12H2,1H3.